The van der Waals surface area contributed by atoms with Crippen molar-refractivity contribution in [3.8, 4) is 0 Å². The first-order chi connectivity index (χ1) is 11.1. The van der Waals surface area contributed by atoms with E-state index in [1.165, 1.54) is 26.1 Å². The van der Waals surface area contributed by atoms with Gasteiger partial charge in [-0.2, -0.15) is 0 Å². The van der Waals surface area contributed by atoms with Gasteiger partial charge >= 0.3 is 0 Å². The van der Waals surface area contributed by atoms with Gasteiger partial charge in [-0.3, -0.25) is 19.9 Å². The maximum atomic E-state index is 11.5. The zero-order valence-corrected chi connectivity index (χ0v) is 13.5. The van der Waals surface area contributed by atoms with Gasteiger partial charge in [-0.1, -0.05) is 0 Å². The summed E-state index contributed by atoms with van der Waals surface area (Å²) >= 11 is 0. The summed E-state index contributed by atoms with van der Waals surface area (Å²) in [6, 6.07) is 1.86. The van der Waals surface area contributed by atoms with Crippen molar-refractivity contribution in [2.45, 2.75) is 19.4 Å². The smallest absolute Gasteiger partial charge is 0.276 e. The minimum Gasteiger partial charge on any atom is -0.306 e. The summed E-state index contributed by atoms with van der Waals surface area (Å²) in [5.41, 5.74) is 4.31. The number of hydroxylamine groups is 1. The molecule has 1 aromatic rings. The summed E-state index contributed by atoms with van der Waals surface area (Å²) in [6.45, 7) is 5.60. The molecule has 1 aliphatic carbocycles. The first-order valence-corrected chi connectivity index (χ1v) is 8.47. The fraction of sp³-hybridized carbons (Fsp3) is 0.647. The Kier molecular flexibility index (Phi) is 3.83. The van der Waals surface area contributed by atoms with Crippen LogP contribution in [0.25, 0.3) is 0 Å². The molecule has 2 N–H and O–H groups in total. The molecule has 1 amide bonds. The average Bonchev–Trinajstić information content (AvgIpc) is 2.58. The first-order valence-electron chi connectivity index (χ1n) is 8.47. The SMILES string of the molecule is CN1CC2CC(C1)C2CN1CCc2cc(C(=O)NO)cnc2C1. The van der Waals surface area contributed by atoms with Gasteiger partial charge in [-0.25, -0.2) is 5.48 Å². The quantitative estimate of drug-likeness (QED) is 0.636. The van der Waals surface area contributed by atoms with Crippen molar-refractivity contribution in [1.29, 1.82) is 0 Å². The lowest BCUT2D eigenvalue weighted by atomic mass is 9.61. The molecular weight excluding hydrogens is 292 g/mol. The Bertz CT molecular complexity index is 609. The Morgan fingerprint density at radius 1 is 1.43 bits per heavy atom. The highest BCUT2D eigenvalue weighted by atomic mass is 16.5. The summed E-state index contributed by atoms with van der Waals surface area (Å²) in [5.74, 6) is 2.12. The molecule has 23 heavy (non-hydrogen) atoms. The summed E-state index contributed by atoms with van der Waals surface area (Å²) < 4.78 is 0. The number of hydrogen-bond acceptors (Lipinski definition) is 5. The highest BCUT2D eigenvalue weighted by molar-refractivity contribution is 5.93. The van der Waals surface area contributed by atoms with E-state index in [1.54, 1.807) is 11.7 Å². The largest absolute Gasteiger partial charge is 0.306 e. The second-order valence-corrected chi connectivity index (χ2v) is 7.40. The summed E-state index contributed by atoms with van der Waals surface area (Å²) in [5, 5.41) is 8.73. The standard InChI is InChI=1S/C17H24N4O2/c1-20-7-13-5-14(8-20)15(13)9-21-3-2-11-4-12(17(22)19-23)6-18-16(11)10-21/h4,6,13-15,23H,2-3,5,7-10H2,1H3,(H,19,22). The minimum absolute atomic E-state index is 0.427. The molecule has 0 radical (unpaired) electrons. The van der Waals surface area contributed by atoms with E-state index < -0.39 is 5.91 Å². The van der Waals surface area contributed by atoms with Gasteiger partial charge in [0.15, 0.2) is 0 Å². The van der Waals surface area contributed by atoms with Gasteiger partial charge in [0.1, 0.15) is 0 Å². The lowest BCUT2D eigenvalue weighted by molar-refractivity contribution is -0.0504. The van der Waals surface area contributed by atoms with Crippen molar-refractivity contribution in [3.05, 3.63) is 29.1 Å². The number of aromatic nitrogens is 1. The molecule has 1 saturated carbocycles. The van der Waals surface area contributed by atoms with Crippen LogP contribution in [0.4, 0.5) is 0 Å². The van der Waals surface area contributed by atoms with Crippen LogP contribution in [0.1, 0.15) is 28.0 Å². The van der Waals surface area contributed by atoms with Crippen LogP contribution in [0.2, 0.25) is 0 Å². The van der Waals surface area contributed by atoms with E-state index in [0.717, 1.165) is 48.5 Å². The molecule has 6 heteroatoms. The third-order valence-corrected chi connectivity index (χ3v) is 5.87. The number of carbonyl (C=O) groups excluding carboxylic acids is 1. The average molecular weight is 316 g/mol. The van der Waals surface area contributed by atoms with Crippen LogP contribution in [0, 0.1) is 17.8 Å². The number of nitrogens with zero attached hydrogens (tertiary/aromatic N) is 3. The van der Waals surface area contributed by atoms with Crippen LogP contribution < -0.4 is 5.48 Å². The minimum atomic E-state index is -0.492. The van der Waals surface area contributed by atoms with E-state index in [-0.39, 0.29) is 0 Å². The van der Waals surface area contributed by atoms with Crippen LogP contribution in [-0.2, 0) is 13.0 Å². The topological polar surface area (TPSA) is 68.7 Å². The first kappa shape index (κ1) is 15.1. The Morgan fingerprint density at radius 2 is 2.22 bits per heavy atom. The van der Waals surface area contributed by atoms with E-state index in [9.17, 15) is 4.79 Å². The van der Waals surface area contributed by atoms with Gasteiger partial charge in [0.2, 0.25) is 0 Å². The lowest BCUT2D eigenvalue weighted by Crippen LogP contribution is -2.57. The second-order valence-electron chi connectivity index (χ2n) is 7.40. The molecular formula is C17H24N4O2. The van der Waals surface area contributed by atoms with Crippen LogP contribution >= 0.6 is 0 Å². The second kappa shape index (κ2) is 5.85. The monoisotopic (exact) mass is 316 g/mol. The van der Waals surface area contributed by atoms with Crippen molar-refractivity contribution < 1.29 is 10.0 Å². The number of piperidine rings is 2. The molecule has 124 valence electrons. The third-order valence-electron chi connectivity index (χ3n) is 5.87. The number of fused-ring (bicyclic) bond motifs is 3. The molecule has 2 unspecified atom stereocenters. The molecule has 1 aromatic heterocycles. The van der Waals surface area contributed by atoms with E-state index in [2.05, 4.69) is 21.8 Å². The Morgan fingerprint density at radius 3 is 2.96 bits per heavy atom. The van der Waals surface area contributed by atoms with E-state index in [4.69, 9.17) is 5.21 Å². The van der Waals surface area contributed by atoms with Crippen molar-refractivity contribution >= 4 is 5.91 Å². The Hall–Kier alpha value is -1.50. The predicted molar refractivity (Wildman–Crippen MR) is 85.1 cm³/mol. The molecule has 4 aliphatic rings. The highest BCUT2D eigenvalue weighted by Crippen LogP contribution is 2.45. The molecule has 3 aliphatic heterocycles. The normalized spacial score (nSPS) is 30.4. The van der Waals surface area contributed by atoms with Crippen LogP contribution in [0.3, 0.4) is 0 Å². The predicted octanol–water partition coefficient (Wildman–Crippen LogP) is 0.756. The third kappa shape index (κ3) is 2.75. The molecule has 3 fully saturated rings. The molecule has 0 aromatic carbocycles. The zero-order valence-electron chi connectivity index (χ0n) is 13.5. The van der Waals surface area contributed by atoms with Gasteiger partial charge in [-0.15, -0.1) is 0 Å². The van der Waals surface area contributed by atoms with Gasteiger partial charge in [0.05, 0.1) is 11.3 Å². The van der Waals surface area contributed by atoms with Gasteiger partial charge < -0.3 is 4.90 Å². The molecule has 4 heterocycles. The summed E-state index contributed by atoms with van der Waals surface area (Å²) in [4.78, 5) is 20.9. The Labute approximate surface area is 136 Å². The Balaban J connectivity index is 1.40. The van der Waals surface area contributed by atoms with Crippen molar-refractivity contribution in [3.63, 3.8) is 0 Å². The van der Waals surface area contributed by atoms with E-state index in [0.29, 0.717) is 5.56 Å². The number of nitrogens with one attached hydrogen (secondary N) is 1. The van der Waals surface area contributed by atoms with Crippen LogP contribution in [0.5, 0.6) is 0 Å². The number of hydrogen-bond donors (Lipinski definition) is 2. The zero-order chi connectivity index (χ0) is 16.0. The number of rotatable bonds is 3. The van der Waals surface area contributed by atoms with Crippen molar-refractivity contribution in [2.75, 3.05) is 33.2 Å². The molecule has 2 atom stereocenters. The molecule has 2 saturated heterocycles. The van der Waals surface area contributed by atoms with Gasteiger partial charge in [-0.05, 0) is 49.3 Å². The number of pyridine rings is 1. The van der Waals surface area contributed by atoms with Gasteiger partial charge in [0.25, 0.3) is 5.91 Å². The molecule has 5 rings (SSSR count). The van der Waals surface area contributed by atoms with Gasteiger partial charge in [0, 0.05) is 38.9 Å². The van der Waals surface area contributed by atoms with E-state index in [1.807, 2.05) is 6.07 Å². The van der Waals surface area contributed by atoms with Crippen LogP contribution in [-0.4, -0.2) is 59.1 Å². The fourth-order valence-corrected chi connectivity index (χ4v) is 4.63. The number of amides is 1. The fourth-order valence-electron chi connectivity index (χ4n) is 4.63. The molecule has 6 nitrogen and oxygen atoms in total. The maximum absolute atomic E-state index is 11.5. The molecule has 2 bridgehead atoms. The maximum Gasteiger partial charge on any atom is 0.276 e. The lowest BCUT2D eigenvalue weighted by Gasteiger charge is -2.54. The van der Waals surface area contributed by atoms with Crippen molar-refractivity contribution in [1.82, 2.24) is 20.3 Å². The van der Waals surface area contributed by atoms with Crippen LogP contribution in [0.15, 0.2) is 12.3 Å². The van der Waals surface area contributed by atoms with Crippen molar-refractivity contribution in [2.24, 2.45) is 17.8 Å². The molecule has 0 spiro atoms. The summed E-state index contributed by atoms with van der Waals surface area (Å²) in [6.07, 6.45) is 3.90. The highest BCUT2D eigenvalue weighted by Gasteiger charge is 2.46. The van der Waals surface area contributed by atoms with E-state index >= 15 is 0 Å². The number of carbonyl (C=O) groups is 1. The summed E-state index contributed by atoms with van der Waals surface area (Å²) in [7, 11) is 2.23.